The van der Waals surface area contributed by atoms with Crippen LogP contribution in [-0.4, -0.2) is 19.1 Å². The van der Waals surface area contributed by atoms with Gasteiger partial charge in [0, 0.05) is 6.07 Å². The van der Waals surface area contributed by atoms with Crippen molar-refractivity contribution >= 4 is 5.69 Å². The van der Waals surface area contributed by atoms with E-state index in [1.165, 1.54) is 20.3 Å². The van der Waals surface area contributed by atoms with Gasteiger partial charge in [0.1, 0.15) is 23.5 Å². The highest BCUT2D eigenvalue weighted by Crippen LogP contribution is 2.39. The Morgan fingerprint density at radius 2 is 1.94 bits per heavy atom. The highest BCUT2D eigenvalue weighted by molar-refractivity contribution is 5.69. The Kier molecular flexibility index (Phi) is 3.48. The molecule has 0 bridgehead atoms. The highest BCUT2D eigenvalue weighted by atomic mass is 16.6. The lowest BCUT2D eigenvalue weighted by atomic mass is 10.1. The van der Waals surface area contributed by atoms with Crippen molar-refractivity contribution < 1.29 is 14.4 Å². The highest BCUT2D eigenvalue weighted by Gasteiger charge is 2.28. The number of nitro benzene ring substituents is 1. The number of benzene rings is 1. The average molecular weight is 233 g/mol. The Morgan fingerprint density at radius 1 is 1.29 bits per heavy atom. The number of hydrogen-bond acceptors (Lipinski definition) is 6. The Balaban J connectivity index is 3.79. The SMILES string of the molecule is COc1cc(C#N)c(OC)c([N+](=O)[O-])c1C#N. The molecule has 0 atom stereocenters. The molecule has 0 radical (unpaired) electrons. The van der Waals surface area contributed by atoms with Crippen LogP contribution in [0.1, 0.15) is 11.1 Å². The van der Waals surface area contributed by atoms with Gasteiger partial charge in [0.25, 0.3) is 0 Å². The molecule has 0 heterocycles. The largest absolute Gasteiger partial charge is 0.495 e. The molecule has 0 N–H and O–H groups in total. The van der Waals surface area contributed by atoms with Crippen LogP contribution in [0.15, 0.2) is 6.07 Å². The van der Waals surface area contributed by atoms with Gasteiger partial charge in [-0.15, -0.1) is 0 Å². The Bertz CT molecular complexity index is 554. The molecule has 0 fully saturated rings. The number of nitriles is 2. The number of rotatable bonds is 3. The number of ether oxygens (including phenoxy) is 2. The van der Waals surface area contributed by atoms with E-state index in [1.807, 2.05) is 0 Å². The molecule has 17 heavy (non-hydrogen) atoms. The third-order valence-electron chi connectivity index (χ3n) is 2.06. The quantitative estimate of drug-likeness (QED) is 0.575. The van der Waals surface area contributed by atoms with Crippen LogP contribution in [0.2, 0.25) is 0 Å². The maximum Gasteiger partial charge on any atom is 0.333 e. The molecule has 0 aliphatic carbocycles. The second-order valence-electron chi connectivity index (χ2n) is 2.86. The van der Waals surface area contributed by atoms with Crippen LogP contribution in [0.25, 0.3) is 0 Å². The molecule has 0 saturated carbocycles. The monoisotopic (exact) mass is 233 g/mol. The van der Waals surface area contributed by atoms with E-state index >= 15 is 0 Å². The minimum absolute atomic E-state index is 0.0310. The van der Waals surface area contributed by atoms with Gasteiger partial charge in [0.15, 0.2) is 5.56 Å². The van der Waals surface area contributed by atoms with Crippen molar-refractivity contribution in [3.05, 3.63) is 27.3 Å². The van der Waals surface area contributed by atoms with Crippen molar-refractivity contribution in [1.82, 2.24) is 0 Å². The van der Waals surface area contributed by atoms with E-state index < -0.39 is 10.6 Å². The second kappa shape index (κ2) is 4.81. The summed E-state index contributed by atoms with van der Waals surface area (Å²) in [5.74, 6) is -0.272. The van der Waals surface area contributed by atoms with E-state index in [0.717, 1.165) is 0 Å². The van der Waals surface area contributed by atoms with E-state index in [0.29, 0.717) is 0 Å². The maximum atomic E-state index is 10.9. The second-order valence-corrected chi connectivity index (χ2v) is 2.86. The summed E-state index contributed by atoms with van der Waals surface area (Å²) in [6.45, 7) is 0. The van der Waals surface area contributed by atoms with Crippen molar-refractivity contribution in [2.75, 3.05) is 14.2 Å². The van der Waals surface area contributed by atoms with E-state index in [1.54, 1.807) is 12.1 Å². The van der Waals surface area contributed by atoms with Gasteiger partial charge in [-0.3, -0.25) is 10.1 Å². The molecule has 0 aliphatic rings. The molecule has 0 aliphatic heterocycles. The van der Waals surface area contributed by atoms with Crippen LogP contribution < -0.4 is 9.47 Å². The predicted molar refractivity (Wildman–Crippen MR) is 55.6 cm³/mol. The Morgan fingerprint density at radius 3 is 2.29 bits per heavy atom. The molecule has 7 heteroatoms. The molecule has 1 rings (SSSR count). The van der Waals surface area contributed by atoms with Crippen molar-refractivity contribution in [1.29, 1.82) is 10.5 Å². The van der Waals surface area contributed by atoms with Gasteiger partial charge in [-0.05, 0) is 0 Å². The molecule has 1 aromatic carbocycles. The summed E-state index contributed by atoms with van der Waals surface area (Å²) < 4.78 is 9.64. The molecule has 0 unspecified atom stereocenters. The Hall–Kier alpha value is -2.80. The first-order valence-corrected chi connectivity index (χ1v) is 4.34. The molecule has 0 amide bonds. The van der Waals surface area contributed by atoms with E-state index in [2.05, 4.69) is 0 Å². The zero-order valence-corrected chi connectivity index (χ0v) is 9.05. The Labute approximate surface area is 96.6 Å². The third-order valence-corrected chi connectivity index (χ3v) is 2.06. The lowest BCUT2D eigenvalue weighted by molar-refractivity contribution is -0.386. The van der Waals surface area contributed by atoms with E-state index in [4.69, 9.17) is 20.0 Å². The van der Waals surface area contributed by atoms with Crippen molar-refractivity contribution in [2.24, 2.45) is 0 Å². The van der Waals surface area contributed by atoms with Gasteiger partial charge in [-0.1, -0.05) is 0 Å². The topological polar surface area (TPSA) is 109 Å². The van der Waals surface area contributed by atoms with Crippen LogP contribution in [0.3, 0.4) is 0 Å². The third kappa shape index (κ3) is 1.94. The summed E-state index contributed by atoms with van der Waals surface area (Å²) in [4.78, 5) is 10.1. The predicted octanol–water partition coefficient (Wildman–Crippen LogP) is 1.36. The number of nitrogens with zero attached hydrogens (tertiary/aromatic N) is 3. The zero-order valence-electron chi connectivity index (χ0n) is 9.05. The number of methoxy groups -OCH3 is 2. The van der Waals surface area contributed by atoms with Crippen molar-refractivity contribution in [2.45, 2.75) is 0 Å². The molecular weight excluding hydrogens is 226 g/mol. The van der Waals surface area contributed by atoms with Gasteiger partial charge in [-0.25, -0.2) is 0 Å². The van der Waals surface area contributed by atoms with Gasteiger partial charge in [-0.2, -0.15) is 10.5 Å². The summed E-state index contributed by atoms with van der Waals surface area (Å²) in [5, 5.41) is 28.6. The first-order chi connectivity index (χ1) is 8.10. The van der Waals surface area contributed by atoms with Crippen LogP contribution in [-0.2, 0) is 0 Å². The lowest BCUT2D eigenvalue weighted by Gasteiger charge is -2.08. The minimum atomic E-state index is -0.777. The molecule has 0 spiro atoms. The average Bonchev–Trinajstić information content (AvgIpc) is 2.35. The zero-order chi connectivity index (χ0) is 13.0. The van der Waals surface area contributed by atoms with Crippen LogP contribution in [0.4, 0.5) is 5.69 Å². The molecule has 0 saturated heterocycles. The minimum Gasteiger partial charge on any atom is -0.495 e. The fourth-order valence-corrected chi connectivity index (χ4v) is 1.36. The standard InChI is InChI=1S/C10H7N3O4/c1-16-8-3-6(4-11)10(17-2)9(13(14)15)7(8)5-12/h3H,1-2H3. The number of hydrogen-bond donors (Lipinski definition) is 0. The fraction of sp³-hybridized carbons (Fsp3) is 0.200. The molecule has 86 valence electrons. The number of nitro groups is 1. The van der Waals surface area contributed by atoms with Gasteiger partial charge in [0.2, 0.25) is 5.75 Å². The molecule has 0 aromatic heterocycles. The van der Waals surface area contributed by atoms with Crippen molar-refractivity contribution in [3.63, 3.8) is 0 Å². The van der Waals surface area contributed by atoms with Gasteiger partial charge < -0.3 is 9.47 Å². The van der Waals surface area contributed by atoms with E-state index in [9.17, 15) is 10.1 Å². The summed E-state index contributed by atoms with van der Waals surface area (Å²) in [6.07, 6.45) is 0. The first kappa shape index (κ1) is 12.3. The van der Waals surface area contributed by atoms with Crippen molar-refractivity contribution in [3.8, 4) is 23.6 Å². The summed E-state index contributed by atoms with van der Waals surface area (Å²) in [5.41, 5.74) is -0.894. The van der Waals surface area contributed by atoms with Crippen LogP contribution >= 0.6 is 0 Å². The summed E-state index contributed by atoms with van der Waals surface area (Å²) >= 11 is 0. The summed E-state index contributed by atoms with van der Waals surface area (Å²) in [7, 11) is 2.45. The normalized spacial score (nSPS) is 8.94. The van der Waals surface area contributed by atoms with Gasteiger partial charge in [0.05, 0.1) is 19.1 Å². The molecular formula is C10H7N3O4. The first-order valence-electron chi connectivity index (χ1n) is 4.34. The smallest absolute Gasteiger partial charge is 0.333 e. The van der Waals surface area contributed by atoms with Crippen LogP contribution in [0.5, 0.6) is 11.5 Å². The molecule has 1 aromatic rings. The molecule has 7 nitrogen and oxygen atoms in total. The van der Waals surface area contributed by atoms with E-state index in [-0.39, 0.29) is 22.6 Å². The fourth-order valence-electron chi connectivity index (χ4n) is 1.36. The lowest BCUT2D eigenvalue weighted by Crippen LogP contribution is -2.02. The maximum absolute atomic E-state index is 10.9. The van der Waals surface area contributed by atoms with Crippen LogP contribution in [0, 0.1) is 32.8 Å². The summed E-state index contributed by atoms with van der Waals surface area (Å²) in [6, 6.07) is 4.64. The van der Waals surface area contributed by atoms with Gasteiger partial charge >= 0.3 is 5.69 Å².